The van der Waals surface area contributed by atoms with E-state index in [1.54, 1.807) is 12.1 Å². The fourth-order valence-electron chi connectivity index (χ4n) is 2.35. The van der Waals surface area contributed by atoms with Crippen molar-refractivity contribution in [3.63, 3.8) is 0 Å². The maximum Gasteiger partial charge on any atom is 0.333 e. The van der Waals surface area contributed by atoms with Gasteiger partial charge in [-0.25, -0.2) is 8.42 Å². The van der Waals surface area contributed by atoms with Gasteiger partial charge in [-0.2, -0.15) is 0 Å². The van der Waals surface area contributed by atoms with Crippen molar-refractivity contribution in [2.45, 2.75) is 18.9 Å². The molecule has 1 aromatic carbocycles. The molecule has 110 valence electrons. The van der Waals surface area contributed by atoms with Gasteiger partial charge in [0.1, 0.15) is 5.69 Å². The topological polar surface area (TPSA) is 98.5 Å². The lowest BCUT2D eigenvalue weighted by atomic mass is 10.1. The van der Waals surface area contributed by atoms with Gasteiger partial charge in [-0.3, -0.25) is 10.1 Å². The Balaban J connectivity index is 2.27. The van der Waals surface area contributed by atoms with Gasteiger partial charge in [-0.15, -0.1) is 0 Å². The maximum atomic E-state index is 11.6. The maximum absolute atomic E-state index is 11.6. The molecule has 1 saturated heterocycles. The molecule has 1 aromatic rings. The van der Waals surface area contributed by atoms with E-state index in [4.69, 9.17) is 4.74 Å². The molecular formula is C12H16N2O5S. The molecule has 0 aromatic heterocycles. The summed E-state index contributed by atoms with van der Waals surface area (Å²) in [5.41, 5.74) is 0.120. The van der Waals surface area contributed by atoms with E-state index in [1.165, 1.54) is 13.2 Å². The average Bonchev–Trinajstić information content (AvgIpc) is 2.36. The van der Waals surface area contributed by atoms with Crippen LogP contribution in [0.1, 0.15) is 12.8 Å². The first-order valence-corrected chi connectivity index (χ1v) is 8.03. The van der Waals surface area contributed by atoms with Crippen LogP contribution in [0.4, 0.5) is 11.4 Å². The van der Waals surface area contributed by atoms with Gasteiger partial charge in [0.05, 0.1) is 23.5 Å². The summed E-state index contributed by atoms with van der Waals surface area (Å²) in [5, 5.41) is 14.1. The number of sulfone groups is 1. The molecule has 1 atom stereocenters. The molecule has 20 heavy (non-hydrogen) atoms. The van der Waals surface area contributed by atoms with Crippen molar-refractivity contribution in [2.75, 3.05) is 23.9 Å². The van der Waals surface area contributed by atoms with Gasteiger partial charge in [-0.05, 0) is 25.0 Å². The van der Waals surface area contributed by atoms with E-state index < -0.39 is 14.8 Å². The van der Waals surface area contributed by atoms with Crippen molar-refractivity contribution < 1.29 is 18.1 Å². The number of rotatable bonds is 4. The van der Waals surface area contributed by atoms with Gasteiger partial charge in [0.15, 0.2) is 15.6 Å². The molecule has 2 rings (SSSR count). The third-order valence-electron chi connectivity index (χ3n) is 3.22. The Kier molecular flexibility index (Phi) is 4.12. The predicted octanol–water partition coefficient (Wildman–Crippen LogP) is 1.59. The molecule has 7 nitrogen and oxygen atoms in total. The number of nitro benzene ring substituents is 1. The lowest BCUT2D eigenvalue weighted by Crippen LogP contribution is -2.35. The van der Waals surface area contributed by atoms with Crippen molar-refractivity contribution in [3.8, 4) is 5.75 Å². The number of methoxy groups -OCH3 is 1. The number of para-hydroxylation sites is 1. The van der Waals surface area contributed by atoms with Crippen molar-refractivity contribution in [2.24, 2.45) is 0 Å². The van der Waals surface area contributed by atoms with Gasteiger partial charge in [0, 0.05) is 6.04 Å². The van der Waals surface area contributed by atoms with Crippen LogP contribution < -0.4 is 10.1 Å². The SMILES string of the molecule is COc1cccc(NC2CCCS(=O)(=O)C2)c1[N+](=O)[O-]. The molecule has 1 N–H and O–H groups in total. The van der Waals surface area contributed by atoms with Crippen LogP contribution in [0.25, 0.3) is 0 Å². The monoisotopic (exact) mass is 300 g/mol. The molecule has 8 heteroatoms. The number of benzene rings is 1. The van der Waals surface area contributed by atoms with Crippen LogP contribution in [0.3, 0.4) is 0 Å². The summed E-state index contributed by atoms with van der Waals surface area (Å²) in [5.74, 6) is 0.339. The quantitative estimate of drug-likeness (QED) is 0.669. The molecular weight excluding hydrogens is 284 g/mol. The fraction of sp³-hybridized carbons (Fsp3) is 0.500. The van der Waals surface area contributed by atoms with Gasteiger partial charge in [0.2, 0.25) is 0 Å². The minimum Gasteiger partial charge on any atom is -0.490 e. The zero-order chi connectivity index (χ0) is 14.8. The molecule has 0 amide bonds. The number of nitrogens with one attached hydrogen (secondary N) is 1. The second-order valence-electron chi connectivity index (χ2n) is 4.71. The molecule has 1 fully saturated rings. The zero-order valence-corrected chi connectivity index (χ0v) is 11.9. The number of nitrogens with zero attached hydrogens (tertiary/aromatic N) is 1. The van der Waals surface area contributed by atoms with Gasteiger partial charge in [-0.1, -0.05) is 6.07 Å². The van der Waals surface area contributed by atoms with E-state index in [9.17, 15) is 18.5 Å². The van der Waals surface area contributed by atoms with E-state index >= 15 is 0 Å². The molecule has 0 saturated carbocycles. The predicted molar refractivity (Wildman–Crippen MR) is 74.9 cm³/mol. The molecule has 1 unspecified atom stereocenters. The summed E-state index contributed by atoms with van der Waals surface area (Å²) in [6.45, 7) is 0. The standard InChI is InChI=1S/C12H16N2O5S/c1-19-11-6-2-5-10(12(11)14(15)16)13-9-4-3-7-20(17,18)8-9/h2,5-6,9,13H,3-4,7-8H2,1H3. The second-order valence-corrected chi connectivity index (χ2v) is 6.94. The summed E-state index contributed by atoms with van der Waals surface area (Å²) in [6.07, 6.45) is 1.24. The summed E-state index contributed by atoms with van der Waals surface area (Å²) in [7, 11) is -1.71. The van der Waals surface area contributed by atoms with Crippen molar-refractivity contribution >= 4 is 21.2 Å². The molecule has 0 spiro atoms. The highest BCUT2D eigenvalue weighted by atomic mass is 32.2. The third-order valence-corrected chi connectivity index (χ3v) is 5.05. The number of hydrogen-bond donors (Lipinski definition) is 1. The zero-order valence-electron chi connectivity index (χ0n) is 11.0. The highest BCUT2D eigenvalue weighted by Crippen LogP contribution is 2.35. The Morgan fingerprint density at radius 2 is 2.20 bits per heavy atom. The highest BCUT2D eigenvalue weighted by molar-refractivity contribution is 7.91. The fourth-order valence-corrected chi connectivity index (χ4v) is 3.98. The lowest BCUT2D eigenvalue weighted by molar-refractivity contribution is -0.384. The summed E-state index contributed by atoms with van der Waals surface area (Å²) in [6, 6.07) is 4.38. The number of ether oxygens (including phenoxy) is 1. The van der Waals surface area contributed by atoms with Crippen LogP contribution in [-0.4, -0.2) is 38.0 Å². The number of hydrogen-bond acceptors (Lipinski definition) is 6. The Bertz CT molecular complexity index is 614. The highest BCUT2D eigenvalue weighted by Gasteiger charge is 2.28. The first kappa shape index (κ1) is 14.6. The summed E-state index contributed by atoms with van der Waals surface area (Å²) >= 11 is 0. The second kappa shape index (κ2) is 5.66. The Hall–Kier alpha value is -1.83. The minimum absolute atomic E-state index is 0.00135. The molecule has 0 radical (unpaired) electrons. The third kappa shape index (κ3) is 3.19. The van der Waals surface area contributed by atoms with E-state index in [1.807, 2.05) is 0 Å². The largest absolute Gasteiger partial charge is 0.490 e. The van der Waals surface area contributed by atoms with E-state index in [0.717, 1.165) is 0 Å². The molecule has 1 aliphatic heterocycles. The van der Waals surface area contributed by atoms with Crippen LogP contribution in [0.15, 0.2) is 18.2 Å². The van der Waals surface area contributed by atoms with Crippen molar-refractivity contribution in [3.05, 3.63) is 28.3 Å². The average molecular weight is 300 g/mol. The lowest BCUT2D eigenvalue weighted by Gasteiger charge is -2.24. The van der Waals surface area contributed by atoms with Gasteiger partial charge >= 0.3 is 5.69 Å². The molecule has 1 aliphatic rings. The van der Waals surface area contributed by atoms with Crippen LogP contribution in [0, 0.1) is 10.1 Å². The number of anilines is 1. The van der Waals surface area contributed by atoms with E-state index in [-0.39, 0.29) is 34.7 Å². The van der Waals surface area contributed by atoms with E-state index in [0.29, 0.717) is 12.8 Å². The molecule has 0 aliphatic carbocycles. The van der Waals surface area contributed by atoms with E-state index in [2.05, 4.69) is 5.32 Å². The van der Waals surface area contributed by atoms with Crippen LogP contribution in [0.5, 0.6) is 5.75 Å². The van der Waals surface area contributed by atoms with Crippen LogP contribution in [0.2, 0.25) is 0 Å². The first-order valence-electron chi connectivity index (χ1n) is 6.21. The smallest absolute Gasteiger partial charge is 0.333 e. The Morgan fingerprint density at radius 1 is 1.45 bits per heavy atom. The van der Waals surface area contributed by atoms with Crippen LogP contribution in [-0.2, 0) is 9.84 Å². The molecule has 1 heterocycles. The molecule has 0 bridgehead atoms. The summed E-state index contributed by atoms with van der Waals surface area (Å²) < 4.78 is 28.2. The first-order chi connectivity index (χ1) is 9.43. The number of nitro groups is 1. The van der Waals surface area contributed by atoms with Crippen molar-refractivity contribution in [1.29, 1.82) is 0 Å². The summed E-state index contributed by atoms with van der Waals surface area (Å²) in [4.78, 5) is 10.6. The normalized spacial score (nSPS) is 21.1. The Labute approximate surface area is 117 Å². The van der Waals surface area contributed by atoms with Gasteiger partial charge in [0.25, 0.3) is 0 Å². The van der Waals surface area contributed by atoms with Gasteiger partial charge < -0.3 is 10.1 Å². The van der Waals surface area contributed by atoms with Crippen LogP contribution >= 0.6 is 0 Å². The van der Waals surface area contributed by atoms with Crippen molar-refractivity contribution in [1.82, 2.24) is 0 Å². The minimum atomic E-state index is -3.06. The Morgan fingerprint density at radius 3 is 2.80 bits per heavy atom.